The Bertz CT molecular complexity index is 741. The molecule has 0 saturated carbocycles. The van der Waals surface area contributed by atoms with Crippen molar-refractivity contribution in [3.63, 3.8) is 0 Å². The van der Waals surface area contributed by atoms with Crippen LogP contribution in [-0.2, 0) is 4.79 Å². The van der Waals surface area contributed by atoms with E-state index in [0.717, 1.165) is 0 Å². The number of aliphatic hydroxyl groups excluding tert-OH is 3. The fraction of sp³-hybridized carbons (Fsp3) is 0.211. The van der Waals surface area contributed by atoms with Gasteiger partial charge in [0.05, 0.1) is 12.7 Å². The van der Waals surface area contributed by atoms with Crippen molar-refractivity contribution < 1.29 is 29.7 Å². The van der Waals surface area contributed by atoms with Crippen molar-refractivity contribution in [3.05, 3.63) is 71.8 Å². The van der Waals surface area contributed by atoms with Crippen LogP contribution in [0.4, 0.5) is 0 Å². The minimum atomic E-state index is -1.90. The number of rotatable bonds is 8. The molecule has 0 bridgehead atoms. The van der Waals surface area contributed by atoms with Gasteiger partial charge in [-0.25, -0.2) is 0 Å². The van der Waals surface area contributed by atoms with Gasteiger partial charge in [0.25, 0.3) is 0 Å². The van der Waals surface area contributed by atoms with Crippen LogP contribution in [0.2, 0.25) is 0 Å². The molecule has 25 heavy (non-hydrogen) atoms. The summed E-state index contributed by atoms with van der Waals surface area (Å²) in [5.74, 6) is -4.69. The SMILES string of the molecule is O=C(C(=O)[C@H](C(=O)c1ccccc1)[C@H](O)[C@H](O)CO)c1ccccc1. The molecule has 3 N–H and O–H groups in total. The summed E-state index contributed by atoms with van der Waals surface area (Å²) in [4.78, 5) is 37.6. The summed E-state index contributed by atoms with van der Waals surface area (Å²) in [5.41, 5.74) is 0.190. The molecule has 3 atom stereocenters. The van der Waals surface area contributed by atoms with E-state index >= 15 is 0 Å². The monoisotopic (exact) mass is 342 g/mol. The Kier molecular flexibility index (Phi) is 6.30. The highest BCUT2D eigenvalue weighted by Crippen LogP contribution is 2.19. The lowest BCUT2D eigenvalue weighted by molar-refractivity contribution is -0.123. The van der Waals surface area contributed by atoms with E-state index < -0.39 is 42.1 Å². The van der Waals surface area contributed by atoms with Crippen molar-refractivity contribution in [3.8, 4) is 0 Å². The van der Waals surface area contributed by atoms with Crippen LogP contribution in [0.5, 0.6) is 0 Å². The van der Waals surface area contributed by atoms with Crippen LogP contribution in [-0.4, -0.2) is 51.5 Å². The first-order chi connectivity index (χ1) is 12.0. The fourth-order valence-corrected chi connectivity index (χ4v) is 2.41. The van der Waals surface area contributed by atoms with Crippen LogP contribution in [0, 0.1) is 5.92 Å². The van der Waals surface area contributed by atoms with Gasteiger partial charge in [0.1, 0.15) is 12.0 Å². The largest absolute Gasteiger partial charge is 0.394 e. The second-order valence-electron chi connectivity index (χ2n) is 5.51. The Morgan fingerprint density at radius 1 is 0.800 bits per heavy atom. The number of benzene rings is 2. The van der Waals surface area contributed by atoms with E-state index in [9.17, 15) is 24.6 Å². The average Bonchev–Trinajstić information content (AvgIpc) is 2.67. The summed E-state index contributed by atoms with van der Waals surface area (Å²) in [6, 6.07) is 15.3. The molecule has 0 heterocycles. The summed E-state index contributed by atoms with van der Waals surface area (Å²) in [7, 11) is 0. The molecule has 2 rings (SSSR count). The lowest BCUT2D eigenvalue weighted by Gasteiger charge is -2.23. The molecule has 0 aliphatic heterocycles. The minimum Gasteiger partial charge on any atom is -0.394 e. The van der Waals surface area contributed by atoms with E-state index in [-0.39, 0.29) is 11.1 Å². The zero-order valence-corrected chi connectivity index (χ0v) is 13.3. The third kappa shape index (κ3) is 4.24. The van der Waals surface area contributed by atoms with Crippen molar-refractivity contribution >= 4 is 17.3 Å². The smallest absolute Gasteiger partial charge is 0.229 e. The first kappa shape index (κ1) is 18.7. The molecule has 0 spiro atoms. The Labute approximate surface area is 144 Å². The normalized spacial score (nSPS) is 14.4. The van der Waals surface area contributed by atoms with Crippen molar-refractivity contribution in [1.29, 1.82) is 0 Å². The number of hydrogen-bond acceptors (Lipinski definition) is 6. The van der Waals surface area contributed by atoms with Gasteiger partial charge in [0, 0.05) is 11.1 Å². The Morgan fingerprint density at radius 2 is 1.28 bits per heavy atom. The highest BCUT2D eigenvalue weighted by Gasteiger charge is 2.41. The van der Waals surface area contributed by atoms with Gasteiger partial charge in [-0.1, -0.05) is 60.7 Å². The number of ketones is 3. The Balaban J connectivity index is 2.39. The predicted molar refractivity (Wildman–Crippen MR) is 89.1 cm³/mol. The van der Waals surface area contributed by atoms with Crippen LogP contribution in [0.25, 0.3) is 0 Å². The molecule has 0 amide bonds. The Morgan fingerprint density at radius 3 is 1.76 bits per heavy atom. The van der Waals surface area contributed by atoms with E-state index in [2.05, 4.69) is 0 Å². The third-order valence-corrected chi connectivity index (χ3v) is 3.81. The van der Waals surface area contributed by atoms with Crippen molar-refractivity contribution in [2.45, 2.75) is 12.2 Å². The van der Waals surface area contributed by atoms with E-state index in [1.165, 1.54) is 24.3 Å². The Hall–Kier alpha value is -2.67. The van der Waals surface area contributed by atoms with Gasteiger partial charge in [-0.15, -0.1) is 0 Å². The molecule has 0 aliphatic carbocycles. The molecule has 2 aromatic rings. The lowest BCUT2D eigenvalue weighted by Crippen LogP contribution is -2.46. The second-order valence-corrected chi connectivity index (χ2v) is 5.51. The number of hydrogen-bond donors (Lipinski definition) is 3. The van der Waals surface area contributed by atoms with Gasteiger partial charge >= 0.3 is 0 Å². The molecular formula is C19H18O6. The molecule has 6 nitrogen and oxygen atoms in total. The van der Waals surface area contributed by atoms with Crippen molar-refractivity contribution in [1.82, 2.24) is 0 Å². The average molecular weight is 342 g/mol. The highest BCUT2D eigenvalue weighted by atomic mass is 16.4. The molecule has 0 unspecified atom stereocenters. The number of carbonyl (C=O) groups is 3. The summed E-state index contributed by atoms with van der Waals surface area (Å²) in [6.45, 7) is -0.855. The van der Waals surface area contributed by atoms with Crippen LogP contribution in [0.3, 0.4) is 0 Å². The minimum absolute atomic E-state index is 0.0732. The van der Waals surface area contributed by atoms with Gasteiger partial charge in [0.15, 0.2) is 5.78 Å². The molecule has 0 fully saturated rings. The molecule has 0 radical (unpaired) electrons. The molecule has 2 aromatic carbocycles. The quantitative estimate of drug-likeness (QED) is 0.369. The zero-order valence-electron chi connectivity index (χ0n) is 13.3. The van der Waals surface area contributed by atoms with Gasteiger partial charge in [-0.2, -0.15) is 0 Å². The van der Waals surface area contributed by atoms with E-state index in [4.69, 9.17) is 5.11 Å². The van der Waals surface area contributed by atoms with Crippen molar-refractivity contribution in [2.24, 2.45) is 5.92 Å². The topological polar surface area (TPSA) is 112 Å². The van der Waals surface area contributed by atoms with Crippen LogP contribution >= 0.6 is 0 Å². The van der Waals surface area contributed by atoms with Gasteiger partial charge < -0.3 is 15.3 Å². The molecule has 0 aromatic heterocycles. The second kappa shape index (κ2) is 8.43. The van der Waals surface area contributed by atoms with Gasteiger partial charge in [-0.3, -0.25) is 14.4 Å². The fourth-order valence-electron chi connectivity index (χ4n) is 2.41. The molecule has 0 aliphatic rings. The molecular weight excluding hydrogens is 324 g/mol. The van der Waals surface area contributed by atoms with Crippen molar-refractivity contribution in [2.75, 3.05) is 6.61 Å². The number of carbonyl (C=O) groups excluding carboxylic acids is 3. The van der Waals surface area contributed by atoms with E-state index in [1.807, 2.05) is 0 Å². The predicted octanol–water partition coefficient (Wildman–Crippen LogP) is 0.652. The van der Waals surface area contributed by atoms with E-state index in [0.29, 0.717) is 0 Å². The summed E-state index contributed by atoms with van der Waals surface area (Å²) in [6.07, 6.45) is -3.64. The first-order valence-electron chi connectivity index (χ1n) is 7.67. The molecule has 0 saturated heterocycles. The molecule has 130 valence electrons. The van der Waals surface area contributed by atoms with Crippen LogP contribution < -0.4 is 0 Å². The third-order valence-electron chi connectivity index (χ3n) is 3.81. The summed E-state index contributed by atoms with van der Waals surface area (Å²) >= 11 is 0. The maximum Gasteiger partial charge on any atom is 0.229 e. The first-order valence-corrected chi connectivity index (χ1v) is 7.67. The van der Waals surface area contributed by atoms with Crippen LogP contribution in [0.1, 0.15) is 20.7 Å². The summed E-state index contributed by atoms with van der Waals surface area (Å²) < 4.78 is 0. The van der Waals surface area contributed by atoms with Gasteiger partial charge in [0.2, 0.25) is 11.6 Å². The molecule has 6 heteroatoms. The van der Waals surface area contributed by atoms with E-state index in [1.54, 1.807) is 36.4 Å². The maximum absolute atomic E-state index is 12.7. The standard InChI is InChI=1S/C19H18O6/c20-11-14(21)18(24)15(16(22)12-7-3-1-4-8-12)19(25)17(23)13-9-5-2-6-10-13/h1-10,14-15,18,20-21,24H,11H2/t14-,15-,18-/m1/s1. The highest BCUT2D eigenvalue weighted by molar-refractivity contribution is 6.47. The summed E-state index contributed by atoms with van der Waals surface area (Å²) in [5, 5.41) is 28.9. The number of aliphatic hydroxyl groups is 3. The van der Waals surface area contributed by atoms with Gasteiger partial charge in [-0.05, 0) is 0 Å². The van der Waals surface area contributed by atoms with Crippen LogP contribution in [0.15, 0.2) is 60.7 Å². The zero-order chi connectivity index (χ0) is 18.4. The maximum atomic E-state index is 12.7. The number of Topliss-reactive ketones (excluding diaryl/α,β-unsaturated/α-hetero) is 3. The lowest BCUT2D eigenvalue weighted by atomic mass is 9.83.